The van der Waals surface area contributed by atoms with Crippen LogP contribution in [-0.4, -0.2) is 71.8 Å². The van der Waals surface area contributed by atoms with E-state index in [2.05, 4.69) is 15.0 Å². The predicted octanol–water partition coefficient (Wildman–Crippen LogP) is 2.33. The molecule has 0 bridgehead atoms. The molecule has 2 saturated heterocycles. The van der Waals surface area contributed by atoms with Crippen molar-refractivity contribution in [1.29, 1.82) is 0 Å². The van der Waals surface area contributed by atoms with Crippen molar-refractivity contribution < 1.29 is 14.0 Å². The minimum absolute atomic E-state index is 0.130. The molecule has 0 radical (unpaired) electrons. The zero-order valence-corrected chi connectivity index (χ0v) is 16.5. The number of piperidine rings is 1. The van der Waals surface area contributed by atoms with Gasteiger partial charge in [-0.05, 0) is 23.6 Å². The van der Waals surface area contributed by atoms with Crippen LogP contribution in [0.3, 0.4) is 0 Å². The molecule has 5 heterocycles. The average Bonchev–Trinajstić information content (AvgIpc) is 3.49. The van der Waals surface area contributed by atoms with Gasteiger partial charge in [0, 0.05) is 51.1 Å². The summed E-state index contributed by atoms with van der Waals surface area (Å²) in [4.78, 5) is 25.0. The zero-order valence-electron chi connectivity index (χ0n) is 15.7. The molecule has 0 aromatic carbocycles. The number of piperazine rings is 1. The highest BCUT2D eigenvalue weighted by atomic mass is 32.1. The number of likely N-dealkylation sites (tertiary alicyclic amines) is 1. The Morgan fingerprint density at radius 3 is 2.86 bits per heavy atom. The van der Waals surface area contributed by atoms with E-state index in [0.29, 0.717) is 5.92 Å². The number of nitrogens with zero attached hydrogens (tertiary/aromatic N) is 4. The lowest BCUT2D eigenvalue weighted by atomic mass is 9.93. The molecule has 0 spiro atoms. The van der Waals surface area contributed by atoms with E-state index in [1.165, 1.54) is 0 Å². The van der Waals surface area contributed by atoms with Gasteiger partial charge in [-0.15, -0.1) is 0 Å². The van der Waals surface area contributed by atoms with Crippen LogP contribution in [0.1, 0.15) is 22.5 Å². The molecule has 148 valence electrons. The van der Waals surface area contributed by atoms with Gasteiger partial charge in [0.15, 0.2) is 5.84 Å². The molecule has 2 aromatic heterocycles. The maximum atomic E-state index is 12.6. The molecule has 5 rings (SSSR count). The SMILES string of the molecule is O=C(c1ccsc1)N1CCN(C2=NO[C@@H]3CCN(Cc4ccco4)C[C@@H]23)CC1. The summed E-state index contributed by atoms with van der Waals surface area (Å²) in [5, 5.41) is 8.32. The third-order valence-corrected chi connectivity index (χ3v) is 6.55. The Labute approximate surface area is 168 Å². The van der Waals surface area contributed by atoms with Gasteiger partial charge in [0.25, 0.3) is 5.91 Å². The first-order chi connectivity index (χ1) is 13.8. The summed E-state index contributed by atoms with van der Waals surface area (Å²) < 4.78 is 5.51. The number of oxime groups is 1. The minimum Gasteiger partial charge on any atom is -0.468 e. The van der Waals surface area contributed by atoms with Crippen molar-refractivity contribution in [2.45, 2.75) is 19.1 Å². The fourth-order valence-electron chi connectivity index (χ4n) is 4.33. The molecule has 28 heavy (non-hydrogen) atoms. The van der Waals surface area contributed by atoms with E-state index in [0.717, 1.165) is 69.4 Å². The second-order valence-electron chi connectivity index (χ2n) is 7.59. The predicted molar refractivity (Wildman–Crippen MR) is 106 cm³/mol. The monoisotopic (exact) mass is 400 g/mol. The molecular formula is C20H24N4O3S. The van der Waals surface area contributed by atoms with Crippen LogP contribution in [0.2, 0.25) is 0 Å². The van der Waals surface area contributed by atoms with Crippen LogP contribution in [-0.2, 0) is 11.4 Å². The largest absolute Gasteiger partial charge is 0.468 e. The summed E-state index contributed by atoms with van der Waals surface area (Å²) in [6.07, 6.45) is 2.88. The molecule has 3 aliphatic rings. The second-order valence-corrected chi connectivity index (χ2v) is 8.37. The lowest BCUT2D eigenvalue weighted by Crippen LogP contribution is -2.54. The third-order valence-electron chi connectivity index (χ3n) is 5.87. The van der Waals surface area contributed by atoms with Crippen LogP contribution in [0.25, 0.3) is 0 Å². The standard InChI is InChI=1S/C20H24N4O3S/c25-20(15-4-11-28-14-15)24-8-6-23(7-9-24)19-17-13-22(5-3-18(17)27-21-19)12-16-2-1-10-26-16/h1-2,4,10-11,14,17-18H,3,5-9,12-13H2/t17-,18-/m1/s1. The first kappa shape index (κ1) is 17.8. The fourth-order valence-corrected chi connectivity index (χ4v) is 4.96. The number of amidine groups is 1. The number of amides is 1. The van der Waals surface area contributed by atoms with Crippen LogP contribution < -0.4 is 0 Å². The fraction of sp³-hybridized carbons (Fsp3) is 0.500. The summed E-state index contributed by atoms with van der Waals surface area (Å²) in [7, 11) is 0. The van der Waals surface area contributed by atoms with Gasteiger partial charge in [-0.2, -0.15) is 11.3 Å². The zero-order chi connectivity index (χ0) is 18.9. The van der Waals surface area contributed by atoms with Crippen LogP contribution >= 0.6 is 11.3 Å². The van der Waals surface area contributed by atoms with E-state index in [-0.39, 0.29) is 12.0 Å². The summed E-state index contributed by atoms with van der Waals surface area (Å²) >= 11 is 1.56. The topological polar surface area (TPSA) is 61.5 Å². The Balaban J connectivity index is 1.19. The Bertz CT molecular complexity index is 828. The Kier molecular flexibility index (Phi) is 4.82. The van der Waals surface area contributed by atoms with E-state index in [1.54, 1.807) is 17.6 Å². The molecule has 0 unspecified atom stereocenters. The van der Waals surface area contributed by atoms with Crippen molar-refractivity contribution in [1.82, 2.24) is 14.7 Å². The lowest BCUT2D eigenvalue weighted by Gasteiger charge is -2.39. The smallest absolute Gasteiger partial charge is 0.254 e. The normalized spacial score (nSPS) is 25.4. The first-order valence-corrected chi connectivity index (χ1v) is 10.8. The van der Waals surface area contributed by atoms with Gasteiger partial charge in [-0.1, -0.05) is 5.16 Å². The van der Waals surface area contributed by atoms with Gasteiger partial charge >= 0.3 is 0 Å². The van der Waals surface area contributed by atoms with E-state index in [1.807, 2.05) is 33.9 Å². The summed E-state index contributed by atoms with van der Waals surface area (Å²) in [5.41, 5.74) is 0.793. The van der Waals surface area contributed by atoms with E-state index >= 15 is 0 Å². The third kappa shape index (κ3) is 3.42. The van der Waals surface area contributed by atoms with Gasteiger partial charge in [-0.25, -0.2) is 0 Å². The Morgan fingerprint density at radius 1 is 1.21 bits per heavy atom. The molecule has 3 aliphatic heterocycles. The second kappa shape index (κ2) is 7.60. The first-order valence-electron chi connectivity index (χ1n) is 9.83. The van der Waals surface area contributed by atoms with Crippen molar-refractivity contribution >= 4 is 23.1 Å². The van der Waals surface area contributed by atoms with Crippen molar-refractivity contribution in [2.24, 2.45) is 11.1 Å². The van der Waals surface area contributed by atoms with Crippen LogP contribution in [0, 0.1) is 5.92 Å². The van der Waals surface area contributed by atoms with Crippen molar-refractivity contribution in [3.8, 4) is 0 Å². The number of thiophene rings is 1. The van der Waals surface area contributed by atoms with Crippen molar-refractivity contribution in [3.63, 3.8) is 0 Å². The van der Waals surface area contributed by atoms with Gasteiger partial charge < -0.3 is 19.1 Å². The Morgan fingerprint density at radius 2 is 2.11 bits per heavy atom. The lowest BCUT2D eigenvalue weighted by molar-refractivity contribution is 0.0105. The number of carbonyl (C=O) groups is 1. The van der Waals surface area contributed by atoms with Crippen LogP contribution in [0.15, 0.2) is 44.8 Å². The molecule has 2 fully saturated rings. The number of rotatable bonds is 3. The van der Waals surface area contributed by atoms with E-state index in [4.69, 9.17) is 9.25 Å². The summed E-state index contributed by atoms with van der Waals surface area (Å²) in [6, 6.07) is 5.86. The number of hydrogen-bond donors (Lipinski definition) is 0. The summed E-state index contributed by atoms with van der Waals surface area (Å²) in [5.74, 6) is 2.47. The molecule has 0 saturated carbocycles. The Hall–Kier alpha value is -2.32. The molecular weight excluding hydrogens is 376 g/mol. The van der Waals surface area contributed by atoms with Crippen molar-refractivity contribution in [2.75, 3.05) is 39.3 Å². The number of carbonyl (C=O) groups excluding carboxylic acids is 1. The van der Waals surface area contributed by atoms with E-state index in [9.17, 15) is 4.79 Å². The molecule has 8 heteroatoms. The molecule has 1 amide bonds. The minimum atomic E-state index is 0.130. The molecule has 7 nitrogen and oxygen atoms in total. The summed E-state index contributed by atoms with van der Waals surface area (Å²) in [6.45, 7) is 5.81. The average molecular weight is 401 g/mol. The molecule has 0 N–H and O–H groups in total. The van der Waals surface area contributed by atoms with E-state index < -0.39 is 0 Å². The van der Waals surface area contributed by atoms with Gasteiger partial charge in [0.05, 0.1) is 24.3 Å². The van der Waals surface area contributed by atoms with Gasteiger partial charge in [0.1, 0.15) is 11.9 Å². The van der Waals surface area contributed by atoms with Crippen LogP contribution in [0.4, 0.5) is 0 Å². The highest BCUT2D eigenvalue weighted by Crippen LogP contribution is 2.30. The number of hydrogen-bond acceptors (Lipinski definition) is 7. The maximum Gasteiger partial charge on any atom is 0.254 e. The van der Waals surface area contributed by atoms with Crippen LogP contribution in [0.5, 0.6) is 0 Å². The van der Waals surface area contributed by atoms with Gasteiger partial charge in [0.2, 0.25) is 0 Å². The highest BCUT2D eigenvalue weighted by Gasteiger charge is 2.42. The molecule has 2 atom stereocenters. The quantitative estimate of drug-likeness (QED) is 0.791. The maximum absolute atomic E-state index is 12.6. The number of fused-ring (bicyclic) bond motifs is 1. The van der Waals surface area contributed by atoms with Gasteiger partial charge in [-0.3, -0.25) is 9.69 Å². The highest BCUT2D eigenvalue weighted by molar-refractivity contribution is 7.08. The molecule has 0 aliphatic carbocycles. The number of furan rings is 1. The van der Waals surface area contributed by atoms with Crippen molar-refractivity contribution in [3.05, 3.63) is 46.5 Å². The molecule has 2 aromatic rings.